The maximum Gasteiger partial charge on any atom is 0.231 e. The average Bonchev–Trinajstić information content (AvgIpc) is 2.89. The van der Waals surface area contributed by atoms with Crippen molar-refractivity contribution in [3.05, 3.63) is 29.8 Å². The molecule has 16 heavy (non-hydrogen) atoms. The summed E-state index contributed by atoms with van der Waals surface area (Å²) in [6.07, 6.45) is 1.81. The van der Waals surface area contributed by atoms with Crippen molar-refractivity contribution in [1.82, 2.24) is 0 Å². The monoisotopic (exact) mass is 216 g/mol. The number of anilines is 1. The lowest BCUT2D eigenvalue weighted by Crippen LogP contribution is -2.38. The Hall–Kier alpha value is -1.35. The van der Waals surface area contributed by atoms with Crippen LogP contribution in [0.25, 0.3) is 0 Å². The van der Waals surface area contributed by atoms with Crippen molar-refractivity contribution >= 4 is 11.6 Å². The summed E-state index contributed by atoms with van der Waals surface area (Å²) in [5.41, 5.74) is 8.11. The van der Waals surface area contributed by atoms with Crippen molar-refractivity contribution in [2.45, 2.75) is 31.8 Å². The van der Waals surface area contributed by atoms with Crippen LogP contribution in [0.4, 0.5) is 5.69 Å². The first-order chi connectivity index (χ1) is 7.68. The molecule has 1 aliphatic heterocycles. The fourth-order valence-electron chi connectivity index (χ4n) is 2.58. The highest BCUT2D eigenvalue weighted by molar-refractivity contribution is 5.99. The van der Waals surface area contributed by atoms with Gasteiger partial charge in [0.2, 0.25) is 5.91 Å². The Bertz CT molecular complexity index is 443. The van der Waals surface area contributed by atoms with Gasteiger partial charge < -0.3 is 10.6 Å². The van der Waals surface area contributed by atoms with Crippen molar-refractivity contribution in [3.8, 4) is 0 Å². The van der Waals surface area contributed by atoms with E-state index >= 15 is 0 Å². The Morgan fingerprint density at radius 2 is 2.12 bits per heavy atom. The molecule has 3 unspecified atom stereocenters. The van der Waals surface area contributed by atoms with Crippen LogP contribution in [0.15, 0.2) is 24.3 Å². The Kier molecular flexibility index (Phi) is 2.04. The molecule has 1 saturated carbocycles. The normalized spacial score (nSPS) is 31.4. The summed E-state index contributed by atoms with van der Waals surface area (Å²) in [5, 5.41) is 0. The molecular formula is C13H16N2O. The van der Waals surface area contributed by atoms with Crippen LogP contribution in [0.3, 0.4) is 0 Å². The van der Waals surface area contributed by atoms with E-state index in [1.165, 1.54) is 5.56 Å². The van der Waals surface area contributed by atoms with E-state index < -0.39 is 0 Å². The predicted octanol–water partition coefficient (Wildman–Crippen LogP) is 1.31. The first kappa shape index (κ1) is 9.85. The number of rotatable bonds is 1. The molecule has 0 saturated heterocycles. The minimum atomic E-state index is 0.0635. The molecule has 1 fully saturated rings. The van der Waals surface area contributed by atoms with Crippen molar-refractivity contribution in [2.24, 2.45) is 11.7 Å². The molecule has 1 aromatic carbocycles. The Morgan fingerprint density at radius 1 is 1.44 bits per heavy atom. The van der Waals surface area contributed by atoms with E-state index in [1.54, 1.807) is 0 Å². The van der Waals surface area contributed by atoms with Crippen LogP contribution in [0, 0.1) is 5.92 Å². The lowest BCUT2D eigenvalue weighted by atomic mass is 10.1. The Labute approximate surface area is 95.2 Å². The third-order valence-electron chi connectivity index (χ3n) is 3.60. The highest BCUT2D eigenvalue weighted by Crippen LogP contribution is 2.37. The van der Waals surface area contributed by atoms with E-state index in [1.807, 2.05) is 23.1 Å². The van der Waals surface area contributed by atoms with Gasteiger partial charge in [-0.2, -0.15) is 0 Å². The molecule has 3 rings (SSSR count). The largest absolute Gasteiger partial charge is 0.327 e. The number of carbonyl (C=O) groups is 1. The molecule has 3 heteroatoms. The summed E-state index contributed by atoms with van der Waals surface area (Å²) in [7, 11) is 0. The van der Waals surface area contributed by atoms with Gasteiger partial charge in [-0.15, -0.1) is 0 Å². The van der Waals surface area contributed by atoms with Gasteiger partial charge in [0.15, 0.2) is 0 Å². The van der Waals surface area contributed by atoms with Gasteiger partial charge in [-0.3, -0.25) is 4.79 Å². The number of fused-ring (bicyclic) bond motifs is 1. The van der Waals surface area contributed by atoms with Crippen LogP contribution in [0.5, 0.6) is 0 Å². The zero-order chi connectivity index (χ0) is 11.3. The molecule has 1 heterocycles. The second-order valence-electron chi connectivity index (χ2n) is 4.90. The topological polar surface area (TPSA) is 46.3 Å². The average molecular weight is 216 g/mol. The number of carbonyl (C=O) groups excluding carboxylic acids is 1. The van der Waals surface area contributed by atoms with Gasteiger partial charge in [-0.05, 0) is 31.4 Å². The number of para-hydroxylation sites is 1. The molecule has 2 aliphatic rings. The minimum absolute atomic E-state index is 0.0635. The molecule has 1 aromatic rings. The van der Waals surface area contributed by atoms with Crippen LogP contribution in [0.2, 0.25) is 0 Å². The molecule has 3 atom stereocenters. The maximum absolute atomic E-state index is 12.2. The molecule has 1 aliphatic carbocycles. The molecule has 2 N–H and O–H groups in total. The Balaban J connectivity index is 1.93. The van der Waals surface area contributed by atoms with Gasteiger partial charge in [0.05, 0.1) is 5.92 Å². The van der Waals surface area contributed by atoms with Crippen molar-refractivity contribution in [2.75, 3.05) is 4.90 Å². The number of amides is 1. The van der Waals surface area contributed by atoms with Gasteiger partial charge >= 0.3 is 0 Å². The quantitative estimate of drug-likeness (QED) is 0.769. The summed E-state index contributed by atoms with van der Waals surface area (Å²) in [4.78, 5) is 14.2. The maximum atomic E-state index is 12.2. The first-order valence-electron chi connectivity index (χ1n) is 5.85. The summed E-state index contributed by atoms with van der Waals surface area (Å²) >= 11 is 0. The molecular weight excluding hydrogens is 200 g/mol. The molecule has 0 bridgehead atoms. The fraction of sp³-hybridized carbons (Fsp3) is 0.462. The fourth-order valence-corrected chi connectivity index (χ4v) is 2.58. The highest BCUT2D eigenvalue weighted by Gasteiger charge is 2.45. The number of hydrogen-bond acceptors (Lipinski definition) is 2. The zero-order valence-corrected chi connectivity index (χ0v) is 9.39. The van der Waals surface area contributed by atoms with Crippen molar-refractivity contribution in [1.29, 1.82) is 0 Å². The molecule has 0 aromatic heterocycles. The smallest absolute Gasteiger partial charge is 0.231 e. The number of nitrogens with zero attached hydrogens (tertiary/aromatic N) is 1. The van der Waals surface area contributed by atoms with Gasteiger partial charge in [0.1, 0.15) is 0 Å². The second-order valence-corrected chi connectivity index (χ2v) is 4.90. The van der Waals surface area contributed by atoms with Gasteiger partial charge in [0.25, 0.3) is 0 Å². The van der Waals surface area contributed by atoms with E-state index in [0.29, 0.717) is 0 Å². The summed E-state index contributed by atoms with van der Waals surface area (Å²) in [6, 6.07) is 8.52. The molecule has 1 amide bonds. The van der Waals surface area contributed by atoms with Crippen molar-refractivity contribution in [3.63, 3.8) is 0 Å². The minimum Gasteiger partial charge on any atom is -0.327 e. The SMILES string of the molecule is CC1Cc2ccccc2N1C(=O)C1CC1N. The van der Waals surface area contributed by atoms with Crippen LogP contribution in [-0.4, -0.2) is 18.0 Å². The lowest BCUT2D eigenvalue weighted by molar-refractivity contribution is -0.120. The zero-order valence-electron chi connectivity index (χ0n) is 9.39. The summed E-state index contributed by atoms with van der Waals surface area (Å²) < 4.78 is 0. The van der Waals surface area contributed by atoms with E-state index in [2.05, 4.69) is 13.0 Å². The summed E-state index contributed by atoms with van der Waals surface area (Å²) in [6.45, 7) is 2.10. The van der Waals surface area contributed by atoms with Crippen LogP contribution in [0.1, 0.15) is 18.9 Å². The van der Waals surface area contributed by atoms with Gasteiger partial charge in [-0.25, -0.2) is 0 Å². The van der Waals surface area contributed by atoms with E-state index in [-0.39, 0.29) is 23.9 Å². The number of hydrogen-bond donors (Lipinski definition) is 1. The predicted molar refractivity (Wildman–Crippen MR) is 63.2 cm³/mol. The molecule has 84 valence electrons. The molecule has 0 radical (unpaired) electrons. The van der Waals surface area contributed by atoms with Crippen molar-refractivity contribution < 1.29 is 4.79 Å². The third kappa shape index (κ3) is 1.35. The highest BCUT2D eigenvalue weighted by atomic mass is 16.2. The third-order valence-corrected chi connectivity index (χ3v) is 3.60. The first-order valence-corrected chi connectivity index (χ1v) is 5.85. The number of nitrogens with two attached hydrogens (primary N) is 1. The van der Waals surface area contributed by atoms with Gasteiger partial charge in [-0.1, -0.05) is 18.2 Å². The van der Waals surface area contributed by atoms with Crippen LogP contribution < -0.4 is 10.6 Å². The van der Waals surface area contributed by atoms with E-state index in [0.717, 1.165) is 18.5 Å². The number of benzene rings is 1. The standard InChI is InChI=1S/C13H16N2O/c1-8-6-9-4-2-3-5-12(9)15(8)13(16)10-7-11(10)14/h2-5,8,10-11H,6-7,14H2,1H3. The van der Waals surface area contributed by atoms with Crippen LogP contribution in [-0.2, 0) is 11.2 Å². The van der Waals surface area contributed by atoms with E-state index in [4.69, 9.17) is 5.73 Å². The lowest BCUT2D eigenvalue weighted by Gasteiger charge is -2.22. The molecule has 0 spiro atoms. The second kappa shape index (κ2) is 3.32. The van der Waals surface area contributed by atoms with Crippen LogP contribution >= 0.6 is 0 Å². The molecule has 3 nitrogen and oxygen atoms in total. The van der Waals surface area contributed by atoms with Gasteiger partial charge in [0, 0.05) is 17.8 Å². The van der Waals surface area contributed by atoms with E-state index in [9.17, 15) is 4.79 Å². The summed E-state index contributed by atoms with van der Waals surface area (Å²) in [5.74, 6) is 0.276. The Morgan fingerprint density at radius 3 is 2.81 bits per heavy atom.